The summed E-state index contributed by atoms with van der Waals surface area (Å²) in [6.07, 6.45) is 1.80. The summed E-state index contributed by atoms with van der Waals surface area (Å²) in [7, 11) is 0. The molecule has 0 saturated heterocycles. The van der Waals surface area contributed by atoms with Gasteiger partial charge in [-0.1, -0.05) is 13.8 Å². The van der Waals surface area contributed by atoms with Gasteiger partial charge in [0.15, 0.2) is 0 Å². The second-order valence-electron chi connectivity index (χ2n) is 4.40. The van der Waals surface area contributed by atoms with E-state index in [1.54, 1.807) is 0 Å². The number of nitrogens with two attached hydrogens (primary N) is 1. The van der Waals surface area contributed by atoms with Crippen LogP contribution in [-0.2, 0) is 4.74 Å². The molecule has 17 heavy (non-hydrogen) atoms. The van der Waals surface area contributed by atoms with Crippen LogP contribution in [0, 0.1) is 11.7 Å². The van der Waals surface area contributed by atoms with E-state index in [4.69, 9.17) is 10.5 Å². The molecule has 0 bridgehead atoms. The zero-order valence-corrected chi connectivity index (χ0v) is 10.2. The fourth-order valence-corrected chi connectivity index (χ4v) is 1.44. The molecule has 3 nitrogen and oxygen atoms in total. The van der Waals surface area contributed by atoms with Crippen molar-refractivity contribution in [3.05, 3.63) is 29.6 Å². The van der Waals surface area contributed by atoms with E-state index >= 15 is 0 Å². The van der Waals surface area contributed by atoms with Gasteiger partial charge in [0.1, 0.15) is 5.82 Å². The van der Waals surface area contributed by atoms with Crippen molar-refractivity contribution in [3.8, 4) is 0 Å². The third-order valence-electron chi connectivity index (χ3n) is 2.39. The number of halogens is 1. The van der Waals surface area contributed by atoms with E-state index in [1.807, 2.05) is 0 Å². The van der Waals surface area contributed by atoms with Crippen LogP contribution in [0.15, 0.2) is 18.2 Å². The second-order valence-corrected chi connectivity index (χ2v) is 4.40. The largest absolute Gasteiger partial charge is 0.462 e. The zero-order chi connectivity index (χ0) is 12.8. The molecule has 0 atom stereocenters. The SMILES string of the molecule is CC(C)CCCOC(=O)c1cc(F)ccc1N. The Labute approximate surface area is 101 Å². The van der Waals surface area contributed by atoms with E-state index in [-0.39, 0.29) is 11.3 Å². The summed E-state index contributed by atoms with van der Waals surface area (Å²) in [5.41, 5.74) is 5.90. The maximum Gasteiger partial charge on any atom is 0.340 e. The standard InChI is InChI=1S/C13H18FNO2/c1-9(2)4-3-7-17-13(16)11-8-10(14)5-6-12(11)15/h5-6,8-9H,3-4,7,15H2,1-2H3. The number of anilines is 1. The number of hydrogen-bond donors (Lipinski definition) is 1. The van der Waals surface area contributed by atoms with Gasteiger partial charge in [-0.15, -0.1) is 0 Å². The predicted molar refractivity (Wildman–Crippen MR) is 65.2 cm³/mol. The molecule has 0 fully saturated rings. The molecular formula is C13H18FNO2. The number of carbonyl (C=O) groups is 1. The lowest BCUT2D eigenvalue weighted by Gasteiger charge is -2.08. The number of benzene rings is 1. The first kappa shape index (κ1) is 13.5. The Bertz CT molecular complexity index is 391. The molecule has 0 aliphatic carbocycles. The molecule has 4 heteroatoms. The predicted octanol–water partition coefficient (Wildman–Crippen LogP) is 3.00. The highest BCUT2D eigenvalue weighted by atomic mass is 19.1. The van der Waals surface area contributed by atoms with Gasteiger partial charge < -0.3 is 10.5 Å². The number of carbonyl (C=O) groups excluding carboxylic acids is 1. The Kier molecular flexibility index (Phi) is 4.94. The molecule has 0 unspecified atom stereocenters. The van der Waals surface area contributed by atoms with Crippen molar-refractivity contribution in [2.24, 2.45) is 5.92 Å². The number of esters is 1. The van der Waals surface area contributed by atoms with Crippen molar-refractivity contribution in [1.29, 1.82) is 0 Å². The van der Waals surface area contributed by atoms with Crippen LogP contribution in [0.1, 0.15) is 37.0 Å². The van der Waals surface area contributed by atoms with Crippen molar-refractivity contribution in [2.75, 3.05) is 12.3 Å². The number of ether oxygens (including phenoxy) is 1. The summed E-state index contributed by atoms with van der Waals surface area (Å²) >= 11 is 0. The Hall–Kier alpha value is -1.58. The molecule has 0 aliphatic rings. The summed E-state index contributed by atoms with van der Waals surface area (Å²) < 4.78 is 18.0. The van der Waals surface area contributed by atoms with E-state index in [1.165, 1.54) is 12.1 Å². The van der Waals surface area contributed by atoms with Crippen molar-refractivity contribution in [1.82, 2.24) is 0 Å². The van der Waals surface area contributed by atoms with Gasteiger partial charge in [0.05, 0.1) is 12.2 Å². The second kappa shape index (κ2) is 6.23. The van der Waals surface area contributed by atoms with E-state index in [0.717, 1.165) is 18.9 Å². The topological polar surface area (TPSA) is 52.3 Å². The third kappa shape index (κ3) is 4.43. The lowest BCUT2D eigenvalue weighted by molar-refractivity contribution is 0.0495. The average Bonchev–Trinajstić information content (AvgIpc) is 2.27. The Morgan fingerprint density at radius 2 is 2.18 bits per heavy atom. The molecule has 0 aliphatic heterocycles. The van der Waals surface area contributed by atoms with Crippen molar-refractivity contribution in [3.63, 3.8) is 0 Å². The maximum absolute atomic E-state index is 12.9. The van der Waals surface area contributed by atoms with E-state index < -0.39 is 11.8 Å². The summed E-state index contributed by atoms with van der Waals surface area (Å²) in [4.78, 5) is 11.6. The minimum Gasteiger partial charge on any atom is -0.462 e. The fourth-order valence-electron chi connectivity index (χ4n) is 1.44. The smallest absolute Gasteiger partial charge is 0.340 e. The fraction of sp³-hybridized carbons (Fsp3) is 0.462. The van der Waals surface area contributed by atoms with Crippen LogP contribution in [0.25, 0.3) is 0 Å². The number of nitrogen functional groups attached to an aromatic ring is 1. The Balaban J connectivity index is 2.49. The van der Waals surface area contributed by atoms with Crippen LogP contribution in [0.5, 0.6) is 0 Å². The van der Waals surface area contributed by atoms with Crippen molar-refractivity contribution < 1.29 is 13.9 Å². The van der Waals surface area contributed by atoms with Gasteiger partial charge in [-0.25, -0.2) is 9.18 Å². The molecule has 0 aromatic heterocycles. The van der Waals surface area contributed by atoms with Gasteiger partial charge in [0.2, 0.25) is 0 Å². The van der Waals surface area contributed by atoms with Crippen LogP contribution in [0.4, 0.5) is 10.1 Å². The highest BCUT2D eigenvalue weighted by Gasteiger charge is 2.12. The monoisotopic (exact) mass is 239 g/mol. The molecule has 0 spiro atoms. The molecular weight excluding hydrogens is 221 g/mol. The molecule has 2 N–H and O–H groups in total. The third-order valence-corrected chi connectivity index (χ3v) is 2.39. The Morgan fingerprint density at radius 1 is 1.47 bits per heavy atom. The van der Waals surface area contributed by atoms with Crippen molar-refractivity contribution in [2.45, 2.75) is 26.7 Å². The molecule has 1 rings (SSSR count). The molecule has 1 aromatic carbocycles. The van der Waals surface area contributed by atoms with Gasteiger partial charge in [-0.05, 0) is 37.0 Å². The van der Waals surface area contributed by atoms with Crippen LogP contribution in [0.3, 0.4) is 0 Å². The van der Waals surface area contributed by atoms with Gasteiger partial charge in [-0.2, -0.15) is 0 Å². The highest BCUT2D eigenvalue weighted by molar-refractivity contribution is 5.95. The highest BCUT2D eigenvalue weighted by Crippen LogP contribution is 2.15. The Morgan fingerprint density at radius 3 is 2.82 bits per heavy atom. The summed E-state index contributed by atoms with van der Waals surface area (Å²) in [5, 5.41) is 0. The molecule has 0 saturated carbocycles. The zero-order valence-electron chi connectivity index (χ0n) is 10.2. The number of hydrogen-bond acceptors (Lipinski definition) is 3. The van der Waals surface area contributed by atoms with Crippen molar-refractivity contribution >= 4 is 11.7 Å². The average molecular weight is 239 g/mol. The molecule has 0 radical (unpaired) electrons. The quantitative estimate of drug-likeness (QED) is 0.488. The molecule has 0 heterocycles. The van der Waals surface area contributed by atoms with Gasteiger partial charge in [-0.3, -0.25) is 0 Å². The van der Waals surface area contributed by atoms with Crippen LogP contribution < -0.4 is 5.73 Å². The minimum atomic E-state index is -0.564. The minimum absolute atomic E-state index is 0.0922. The van der Waals surface area contributed by atoms with Crippen LogP contribution in [-0.4, -0.2) is 12.6 Å². The lowest BCUT2D eigenvalue weighted by atomic mass is 10.1. The first-order valence-electron chi connectivity index (χ1n) is 5.73. The summed E-state index contributed by atoms with van der Waals surface area (Å²) in [5.74, 6) is -0.480. The van der Waals surface area contributed by atoms with Gasteiger partial charge in [0, 0.05) is 5.69 Å². The first-order valence-corrected chi connectivity index (χ1v) is 5.73. The first-order chi connectivity index (χ1) is 8.00. The molecule has 0 amide bonds. The summed E-state index contributed by atoms with van der Waals surface area (Å²) in [6.45, 7) is 4.55. The maximum atomic E-state index is 12.9. The van der Waals surface area contributed by atoms with E-state index in [9.17, 15) is 9.18 Å². The van der Waals surface area contributed by atoms with Crippen LogP contribution in [0.2, 0.25) is 0 Å². The molecule has 94 valence electrons. The van der Waals surface area contributed by atoms with E-state index in [2.05, 4.69) is 13.8 Å². The molecule has 1 aromatic rings. The van der Waals surface area contributed by atoms with Gasteiger partial charge >= 0.3 is 5.97 Å². The normalized spacial score (nSPS) is 10.6. The number of rotatable bonds is 5. The van der Waals surface area contributed by atoms with Gasteiger partial charge in [0.25, 0.3) is 0 Å². The lowest BCUT2D eigenvalue weighted by Crippen LogP contribution is -2.10. The van der Waals surface area contributed by atoms with Crippen LogP contribution >= 0.6 is 0 Å². The summed E-state index contributed by atoms with van der Waals surface area (Å²) in [6, 6.07) is 3.67. The van der Waals surface area contributed by atoms with E-state index in [0.29, 0.717) is 12.5 Å².